The fraction of sp³-hybridized carbons (Fsp3) is 0.409. The number of hydrogen-bond acceptors (Lipinski definition) is 5. The van der Waals surface area contributed by atoms with Gasteiger partial charge in [0.25, 0.3) is 0 Å². The van der Waals surface area contributed by atoms with Crippen LogP contribution in [0.25, 0.3) is 0 Å². The molecule has 2 aromatic carbocycles. The van der Waals surface area contributed by atoms with Gasteiger partial charge in [0.2, 0.25) is 0 Å². The van der Waals surface area contributed by atoms with Crippen molar-refractivity contribution in [3.05, 3.63) is 48.0 Å². The number of ether oxygens (including phenoxy) is 3. The summed E-state index contributed by atoms with van der Waals surface area (Å²) < 4.78 is 16.6. The number of nitrogens with two attached hydrogens (primary N) is 1. The molecule has 158 valence electrons. The van der Waals surface area contributed by atoms with Crippen molar-refractivity contribution in [2.24, 2.45) is 10.7 Å². The summed E-state index contributed by atoms with van der Waals surface area (Å²) in [5.74, 6) is 2.47. The zero-order chi connectivity index (χ0) is 21.1. The minimum Gasteiger partial charge on any atom is -0.497 e. The van der Waals surface area contributed by atoms with E-state index in [1.165, 1.54) is 0 Å². The lowest BCUT2D eigenvalue weighted by atomic mass is 10.2. The molecule has 7 nitrogen and oxygen atoms in total. The zero-order valence-electron chi connectivity index (χ0n) is 17.8. The zero-order valence-corrected chi connectivity index (χ0v) is 17.8. The fourth-order valence-corrected chi connectivity index (χ4v) is 2.86. The Hall–Kier alpha value is -2.93. The Morgan fingerprint density at radius 3 is 2.48 bits per heavy atom. The molecule has 0 aliphatic heterocycles. The van der Waals surface area contributed by atoms with E-state index in [4.69, 9.17) is 19.9 Å². The molecule has 0 aliphatic carbocycles. The highest BCUT2D eigenvalue weighted by atomic mass is 16.5. The van der Waals surface area contributed by atoms with E-state index >= 15 is 0 Å². The number of anilines is 1. The maximum atomic E-state index is 6.09. The lowest BCUT2D eigenvalue weighted by Gasteiger charge is -2.18. The Labute approximate surface area is 173 Å². The maximum absolute atomic E-state index is 6.09. The van der Waals surface area contributed by atoms with Crippen LogP contribution in [0.2, 0.25) is 0 Å². The molecule has 0 aliphatic rings. The van der Waals surface area contributed by atoms with Crippen molar-refractivity contribution in [3.63, 3.8) is 0 Å². The first kappa shape index (κ1) is 22.4. The highest BCUT2D eigenvalue weighted by molar-refractivity contribution is 5.94. The second-order valence-corrected chi connectivity index (χ2v) is 6.38. The molecular weight excluding hydrogens is 368 g/mol. The van der Waals surface area contributed by atoms with Crippen LogP contribution in [-0.4, -0.2) is 51.3 Å². The molecule has 0 saturated carbocycles. The summed E-state index contributed by atoms with van der Waals surface area (Å²) >= 11 is 0. The molecular formula is C22H32N4O3. The Morgan fingerprint density at radius 1 is 1.03 bits per heavy atom. The molecule has 0 spiro atoms. The molecule has 0 bridgehead atoms. The van der Waals surface area contributed by atoms with Gasteiger partial charge in [0.1, 0.15) is 23.9 Å². The molecule has 0 saturated heterocycles. The quantitative estimate of drug-likeness (QED) is 0.445. The standard InChI is InChI=1S/C22H32N4O3/c1-5-26(6-2)13-14-29-20-10-8-7-9-17(20)16-24-22(23)25-19-15-18(27-3)11-12-21(19)28-4/h7-12,15H,5-6,13-14,16H2,1-4H3,(H3,23,24,25). The number of aliphatic imine (C=N–C) groups is 1. The van der Waals surface area contributed by atoms with Crippen LogP contribution in [0.15, 0.2) is 47.5 Å². The van der Waals surface area contributed by atoms with Crippen molar-refractivity contribution < 1.29 is 14.2 Å². The fourth-order valence-electron chi connectivity index (χ4n) is 2.86. The van der Waals surface area contributed by atoms with Gasteiger partial charge >= 0.3 is 0 Å². The van der Waals surface area contributed by atoms with Crippen LogP contribution in [0, 0.1) is 0 Å². The number of guanidine groups is 1. The summed E-state index contributed by atoms with van der Waals surface area (Å²) in [5.41, 5.74) is 7.76. The first-order chi connectivity index (χ1) is 14.1. The van der Waals surface area contributed by atoms with Crippen LogP contribution in [0.4, 0.5) is 5.69 Å². The van der Waals surface area contributed by atoms with Gasteiger partial charge in [-0.15, -0.1) is 0 Å². The van der Waals surface area contributed by atoms with Crippen LogP contribution >= 0.6 is 0 Å². The minimum absolute atomic E-state index is 0.287. The third kappa shape index (κ3) is 6.87. The summed E-state index contributed by atoms with van der Waals surface area (Å²) in [6.07, 6.45) is 0. The van der Waals surface area contributed by atoms with E-state index in [0.717, 1.165) is 30.9 Å². The predicted octanol–water partition coefficient (Wildman–Crippen LogP) is 3.35. The van der Waals surface area contributed by atoms with Crippen molar-refractivity contribution in [2.45, 2.75) is 20.4 Å². The summed E-state index contributed by atoms with van der Waals surface area (Å²) in [4.78, 5) is 6.78. The van der Waals surface area contributed by atoms with Gasteiger partial charge in [0, 0.05) is 18.2 Å². The first-order valence-electron chi connectivity index (χ1n) is 9.83. The van der Waals surface area contributed by atoms with Crippen molar-refractivity contribution >= 4 is 11.6 Å². The third-order valence-electron chi connectivity index (χ3n) is 4.62. The van der Waals surface area contributed by atoms with Crippen molar-refractivity contribution in [1.29, 1.82) is 0 Å². The van der Waals surface area contributed by atoms with Gasteiger partial charge in [-0.05, 0) is 31.3 Å². The van der Waals surface area contributed by atoms with E-state index in [1.807, 2.05) is 42.5 Å². The molecule has 7 heteroatoms. The number of rotatable bonds is 11. The normalized spacial score (nSPS) is 11.4. The maximum Gasteiger partial charge on any atom is 0.193 e. The highest BCUT2D eigenvalue weighted by Gasteiger charge is 2.08. The Bertz CT molecular complexity index is 791. The van der Waals surface area contributed by atoms with Crippen LogP contribution in [-0.2, 0) is 6.54 Å². The molecule has 29 heavy (non-hydrogen) atoms. The van der Waals surface area contributed by atoms with Gasteiger partial charge in [-0.1, -0.05) is 32.0 Å². The van der Waals surface area contributed by atoms with Gasteiger partial charge in [-0.2, -0.15) is 0 Å². The molecule has 2 aromatic rings. The van der Waals surface area contributed by atoms with Crippen LogP contribution in [0.3, 0.4) is 0 Å². The summed E-state index contributed by atoms with van der Waals surface area (Å²) in [7, 11) is 3.21. The van der Waals surface area contributed by atoms with Crippen LogP contribution in [0.1, 0.15) is 19.4 Å². The number of benzene rings is 2. The number of para-hydroxylation sites is 1. The predicted molar refractivity (Wildman–Crippen MR) is 118 cm³/mol. The van der Waals surface area contributed by atoms with Crippen LogP contribution < -0.4 is 25.3 Å². The van der Waals surface area contributed by atoms with E-state index in [9.17, 15) is 0 Å². The van der Waals surface area contributed by atoms with Crippen LogP contribution in [0.5, 0.6) is 17.2 Å². The largest absolute Gasteiger partial charge is 0.497 e. The SMILES string of the molecule is CCN(CC)CCOc1ccccc1CN=C(N)Nc1cc(OC)ccc1OC. The summed E-state index contributed by atoms with van der Waals surface area (Å²) in [6, 6.07) is 13.3. The third-order valence-corrected chi connectivity index (χ3v) is 4.62. The second-order valence-electron chi connectivity index (χ2n) is 6.38. The monoisotopic (exact) mass is 400 g/mol. The Kier molecular flexibility index (Phi) is 9.11. The van der Waals surface area contributed by atoms with E-state index in [1.54, 1.807) is 14.2 Å². The minimum atomic E-state index is 0.287. The number of hydrogen-bond donors (Lipinski definition) is 2. The number of likely N-dealkylation sites (N-methyl/N-ethyl adjacent to an activating group) is 1. The lowest BCUT2D eigenvalue weighted by Crippen LogP contribution is -2.28. The average molecular weight is 401 g/mol. The molecule has 0 unspecified atom stereocenters. The van der Waals surface area contributed by atoms with Gasteiger partial charge < -0.3 is 30.2 Å². The summed E-state index contributed by atoms with van der Waals surface area (Å²) in [6.45, 7) is 8.27. The Balaban J connectivity index is 2.02. The topological polar surface area (TPSA) is 81.3 Å². The molecule has 0 aromatic heterocycles. The summed E-state index contributed by atoms with van der Waals surface area (Å²) in [5, 5.41) is 3.07. The van der Waals surface area contributed by atoms with E-state index in [2.05, 4.69) is 29.1 Å². The second kappa shape index (κ2) is 11.8. The van der Waals surface area contributed by atoms with Gasteiger partial charge in [0.15, 0.2) is 5.96 Å². The van der Waals surface area contributed by atoms with E-state index in [0.29, 0.717) is 30.3 Å². The van der Waals surface area contributed by atoms with Crippen molar-refractivity contribution in [2.75, 3.05) is 45.8 Å². The van der Waals surface area contributed by atoms with E-state index in [-0.39, 0.29) is 5.96 Å². The average Bonchev–Trinajstić information content (AvgIpc) is 2.76. The molecule has 0 fully saturated rings. The molecule has 0 heterocycles. The highest BCUT2D eigenvalue weighted by Crippen LogP contribution is 2.28. The lowest BCUT2D eigenvalue weighted by molar-refractivity contribution is 0.221. The van der Waals surface area contributed by atoms with Gasteiger partial charge in [0.05, 0.1) is 26.5 Å². The van der Waals surface area contributed by atoms with Gasteiger partial charge in [-0.25, -0.2) is 4.99 Å². The molecule has 3 N–H and O–H groups in total. The molecule has 2 rings (SSSR count). The molecule has 0 radical (unpaired) electrons. The van der Waals surface area contributed by atoms with Crippen molar-refractivity contribution in [1.82, 2.24) is 4.90 Å². The number of methoxy groups -OCH3 is 2. The van der Waals surface area contributed by atoms with Gasteiger partial charge in [-0.3, -0.25) is 0 Å². The molecule has 0 atom stereocenters. The smallest absolute Gasteiger partial charge is 0.193 e. The van der Waals surface area contributed by atoms with Crippen molar-refractivity contribution in [3.8, 4) is 17.2 Å². The van der Waals surface area contributed by atoms with E-state index < -0.39 is 0 Å². The molecule has 0 amide bonds. The number of nitrogens with zero attached hydrogens (tertiary/aromatic N) is 2. The Morgan fingerprint density at radius 2 is 1.79 bits per heavy atom. The first-order valence-corrected chi connectivity index (χ1v) is 9.83. The number of nitrogens with one attached hydrogen (secondary N) is 1.